The van der Waals surface area contributed by atoms with Crippen molar-refractivity contribution in [2.24, 2.45) is 17.8 Å². The monoisotopic (exact) mass is 579 g/mol. The number of phenolic OH excluding ortho intramolecular Hbond substituents is 1. The number of unbranched alkanes of at least 4 members (excludes halogenated alkanes) is 1. The van der Waals surface area contributed by atoms with Crippen molar-refractivity contribution < 1.29 is 29.6 Å². The van der Waals surface area contributed by atoms with Gasteiger partial charge in [-0.05, 0) is 86.5 Å². The van der Waals surface area contributed by atoms with Gasteiger partial charge in [-0.3, -0.25) is 9.59 Å². The van der Waals surface area contributed by atoms with Crippen molar-refractivity contribution in [3.63, 3.8) is 0 Å². The van der Waals surface area contributed by atoms with Gasteiger partial charge in [-0.2, -0.15) is 0 Å². The number of ketones is 2. The van der Waals surface area contributed by atoms with E-state index in [0.29, 0.717) is 55.1 Å². The Morgan fingerprint density at radius 3 is 2.64 bits per heavy atom. The zero-order chi connectivity index (χ0) is 29.7. The smallest absolute Gasteiger partial charge is 0.160 e. The molecule has 1 aliphatic heterocycles. The molecule has 230 valence electrons. The molecule has 0 bridgehead atoms. The van der Waals surface area contributed by atoms with E-state index in [1.165, 1.54) is 45.6 Å². The van der Waals surface area contributed by atoms with Crippen LogP contribution in [0, 0.1) is 29.6 Å². The molecule has 7 nitrogen and oxygen atoms in total. The van der Waals surface area contributed by atoms with Crippen LogP contribution in [-0.4, -0.2) is 58.3 Å². The number of hydrogen-bond acceptors (Lipinski definition) is 7. The van der Waals surface area contributed by atoms with E-state index in [9.17, 15) is 24.9 Å². The number of aryl methyl sites for hydroxylation is 1. The summed E-state index contributed by atoms with van der Waals surface area (Å²) in [5.41, 5.74) is 1.84. The molecule has 5 rings (SSSR count). The number of benzene rings is 1. The lowest BCUT2D eigenvalue weighted by Gasteiger charge is -2.54. The van der Waals surface area contributed by atoms with E-state index < -0.39 is 12.0 Å². The van der Waals surface area contributed by atoms with E-state index >= 15 is 0 Å². The second kappa shape index (κ2) is 13.9. The first-order valence-corrected chi connectivity index (χ1v) is 16.4. The van der Waals surface area contributed by atoms with E-state index in [1.54, 1.807) is 12.1 Å². The minimum atomic E-state index is -0.828. The molecule has 4 aliphatic rings. The Morgan fingerprint density at radius 2 is 1.88 bits per heavy atom. The molecular weight excluding hydrogens is 530 g/mol. The average Bonchev–Trinajstić information content (AvgIpc) is 3.04. The van der Waals surface area contributed by atoms with Crippen molar-refractivity contribution in [1.82, 2.24) is 5.32 Å². The van der Waals surface area contributed by atoms with Crippen LogP contribution in [0.5, 0.6) is 11.5 Å². The normalized spacial score (nSPS) is 29.7. The molecule has 0 amide bonds. The third-order valence-corrected chi connectivity index (χ3v) is 10.7. The molecule has 1 saturated heterocycles. The number of carbonyl (C=O) groups excluding carboxylic acids is 2. The van der Waals surface area contributed by atoms with Gasteiger partial charge in [0.15, 0.2) is 17.3 Å². The average molecular weight is 580 g/mol. The number of piperidine rings is 1. The maximum Gasteiger partial charge on any atom is 0.160 e. The Hall–Kier alpha value is -2.40. The highest BCUT2D eigenvalue weighted by Gasteiger charge is 2.48. The van der Waals surface area contributed by atoms with Crippen molar-refractivity contribution >= 4 is 11.6 Å². The van der Waals surface area contributed by atoms with Gasteiger partial charge in [-0.1, -0.05) is 43.9 Å². The zero-order valence-corrected chi connectivity index (χ0v) is 25.2. The lowest BCUT2D eigenvalue weighted by atomic mass is 9.62. The topological polar surface area (TPSA) is 116 Å². The summed E-state index contributed by atoms with van der Waals surface area (Å²) in [6, 6.07) is 3.74. The van der Waals surface area contributed by atoms with Gasteiger partial charge in [0.1, 0.15) is 11.7 Å². The highest BCUT2D eigenvalue weighted by Crippen LogP contribution is 2.47. The molecule has 1 aromatic carbocycles. The van der Waals surface area contributed by atoms with Crippen LogP contribution in [0.4, 0.5) is 0 Å². The summed E-state index contributed by atoms with van der Waals surface area (Å²) in [4.78, 5) is 25.5. The molecule has 0 radical (unpaired) electrons. The number of aliphatic hydroxyl groups is 2. The van der Waals surface area contributed by atoms with Crippen LogP contribution in [0.1, 0.15) is 113 Å². The van der Waals surface area contributed by atoms with Crippen LogP contribution in [-0.2, 0) is 16.0 Å². The number of rotatable bonds is 9. The number of hydrogen-bond donors (Lipinski definition) is 4. The van der Waals surface area contributed by atoms with E-state index in [2.05, 4.69) is 17.2 Å². The molecule has 7 heteroatoms. The maximum atomic E-state index is 13.3. The quantitative estimate of drug-likeness (QED) is 0.241. The number of aromatic hydroxyl groups is 1. The lowest BCUT2D eigenvalue weighted by molar-refractivity contribution is -0.124. The molecule has 42 heavy (non-hydrogen) atoms. The van der Waals surface area contributed by atoms with Gasteiger partial charge in [-0.25, -0.2) is 0 Å². The Labute approximate surface area is 250 Å². The number of phenols is 1. The molecule has 3 fully saturated rings. The first-order valence-electron chi connectivity index (χ1n) is 16.4. The second-order valence-corrected chi connectivity index (χ2v) is 13.3. The maximum absolute atomic E-state index is 13.3. The molecule has 0 aromatic heterocycles. The van der Waals surface area contributed by atoms with E-state index in [-0.39, 0.29) is 36.0 Å². The first kappa shape index (κ1) is 31.0. The van der Waals surface area contributed by atoms with Crippen LogP contribution in [0.2, 0.25) is 0 Å². The van der Waals surface area contributed by atoms with Crippen LogP contribution in [0.15, 0.2) is 12.1 Å². The summed E-state index contributed by atoms with van der Waals surface area (Å²) < 4.78 is 5.28. The van der Waals surface area contributed by atoms with Gasteiger partial charge < -0.3 is 25.4 Å². The summed E-state index contributed by atoms with van der Waals surface area (Å²) in [5, 5.41) is 35.3. The first-order chi connectivity index (χ1) is 20.3. The van der Waals surface area contributed by atoms with Gasteiger partial charge in [-0.15, -0.1) is 0 Å². The van der Waals surface area contributed by atoms with Gasteiger partial charge in [0.05, 0.1) is 13.2 Å². The fourth-order valence-corrected chi connectivity index (χ4v) is 8.39. The van der Waals surface area contributed by atoms with Crippen molar-refractivity contribution in [3.05, 3.63) is 23.3 Å². The van der Waals surface area contributed by atoms with E-state index in [0.717, 1.165) is 43.2 Å². The number of methoxy groups -OCH3 is 1. The summed E-state index contributed by atoms with van der Waals surface area (Å²) in [7, 11) is 1.49. The number of fused-ring (bicyclic) bond motifs is 2. The highest BCUT2D eigenvalue weighted by molar-refractivity contribution is 5.85. The third kappa shape index (κ3) is 6.87. The van der Waals surface area contributed by atoms with Crippen molar-refractivity contribution in [2.45, 2.75) is 126 Å². The summed E-state index contributed by atoms with van der Waals surface area (Å²) >= 11 is 0. The fourth-order valence-electron chi connectivity index (χ4n) is 8.39. The second-order valence-electron chi connectivity index (χ2n) is 13.3. The van der Waals surface area contributed by atoms with Crippen LogP contribution < -0.4 is 10.1 Å². The van der Waals surface area contributed by atoms with Crippen molar-refractivity contribution in [1.29, 1.82) is 0 Å². The largest absolute Gasteiger partial charge is 0.504 e. The van der Waals surface area contributed by atoms with Gasteiger partial charge in [0.25, 0.3) is 0 Å². The van der Waals surface area contributed by atoms with Crippen LogP contribution in [0.25, 0.3) is 0 Å². The van der Waals surface area contributed by atoms with Crippen LogP contribution in [0.3, 0.4) is 0 Å². The standard InChI is InChI=1S/C35H49NO6/c1-42-34-20-24-11-14-32(40)28(13-10-23(15-18-37)29(24)22-33(34)41)31(39)8-4-3-7-26-19-25-9-12-27(38)21-30(25)36-35(26)16-5-2-6-17-35/h20,22-23,25-26,28,30-31,36-37,39,41H,2-9,11-12,14-19,21H2,1H3. The van der Waals surface area contributed by atoms with Gasteiger partial charge in [0, 0.05) is 43.4 Å². The zero-order valence-electron chi connectivity index (χ0n) is 25.2. The van der Waals surface area contributed by atoms with Gasteiger partial charge in [0.2, 0.25) is 0 Å². The minimum Gasteiger partial charge on any atom is -0.504 e. The Kier molecular flexibility index (Phi) is 10.3. The Bertz CT molecular complexity index is 1180. The van der Waals surface area contributed by atoms with Gasteiger partial charge >= 0.3 is 0 Å². The predicted molar refractivity (Wildman–Crippen MR) is 161 cm³/mol. The molecule has 2 saturated carbocycles. The van der Waals surface area contributed by atoms with E-state index in [1.807, 2.05) is 0 Å². The summed E-state index contributed by atoms with van der Waals surface area (Å²) in [6.07, 6.45) is 13.6. The number of carbonyl (C=O) groups is 2. The predicted octanol–water partition coefficient (Wildman–Crippen LogP) is 4.97. The SMILES string of the molecule is COc1cc2c(cc1O)C(CCO)C#CC(C(O)CCCCC1CC3CCC(=O)CC3NC13CCCCC3)C(=O)CC2. The third-order valence-electron chi connectivity index (χ3n) is 10.7. The Morgan fingerprint density at radius 1 is 1.07 bits per heavy atom. The number of nitrogens with one attached hydrogen (secondary N) is 1. The lowest BCUT2D eigenvalue weighted by Crippen LogP contribution is -2.63. The minimum absolute atomic E-state index is 0.0128. The van der Waals surface area contributed by atoms with E-state index in [4.69, 9.17) is 4.74 Å². The number of aliphatic hydroxyl groups excluding tert-OH is 2. The van der Waals surface area contributed by atoms with Crippen molar-refractivity contribution in [3.8, 4) is 23.3 Å². The molecule has 1 aromatic rings. The number of ether oxygens (including phenoxy) is 1. The Balaban J connectivity index is 1.21. The van der Waals surface area contributed by atoms with Crippen LogP contribution >= 0.6 is 0 Å². The molecule has 1 spiro atoms. The fraction of sp³-hybridized carbons (Fsp3) is 0.714. The molecule has 6 unspecified atom stereocenters. The molecule has 4 N–H and O–H groups in total. The summed E-state index contributed by atoms with van der Waals surface area (Å²) in [5.74, 6) is 7.09. The molecule has 1 heterocycles. The number of Topliss-reactive ketones (excluding diaryl/α,β-unsaturated/α-hetero) is 2. The molecule has 6 atom stereocenters. The summed E-state index contributed by atoms with van der Waals surface area (Å²) in [6.45, 7) is -0.0673. The highest BCUT2D eigenvalue weighted by atomic mass is 16.5. The molecule has 3 aliphatic carbocycles. The van der Waals surface area contributed by atoms with Crippen molar-refractivity contribution in [2.75, 3.05) is 13.7 Å². The molecular formula is C35H49NO6.